The van der Waals surface area contributed by atoms with E-state index in [0.29, 0.717) is 80.2 Å². The van der Waals surface area contributed by atoms with Crippen molar-refractivity contribution in [3.05, 3.63) is 150 Å². The van der Waals surface area contributed by atoms with Crippen molar-refractivity contribution in [1.82, 2.24) is 104 Å². The highest BCUT2D eigenvalue weighted by Crippen LogP contribution is 2.39. The van der Waals surface area contributed by atoms with Crippen LogP contribution in [0.2, 0.25) is 0 Å². The fraction of sp³-hybridized carbons (Fsp3) is 0.569. The summed E-state index contributed by atoms with van der Waals surface area (Å²) in [5.41, 5.74) is 8.47. The number of aliphatic hydroxyl groups excluding tert-OH is 1. The van der Waals surface area contributed by atoms with Crippen LogP contribution in [0.15, 0.2) is 128 Å². The number of nitrogens with two attached hydrogens (primary N) is 1. The number of phenolic OH excluding ortho intramolecular Hbond substituents is 1. The van der Waals surface area contributed by atoms with Gasteiger partial charge in [-0.1, -0.05) is 61.5 Å². The van der Waals surface area contributed by atoms with Crippen molar-refractivity contribution < 1.29 is 105 Å². The molecule has 5 unspecified atom stereocenters. The number of aromatic amines is 1. The van der Waals surface area contributed by atoms with Gasteiger partial charge in [0, 0.05) is 153 Å². The van der Waals surface area contributed by atoms with E-state index >= 15 is 0 Å². The van der Waals surface area contributed by atoms with Gasteiger partial charge in [0.1, 0.15) is 90.4 Å². The van der Waals surface area contributed by atoms with Crippen LogP contribution in [0.4, 0.5) is 30.3 Å². The summed E-state index contributed by atoms with van der Waals surface area (Å²) >= 11 is 1.56. The Morgan fingerprint density at radius 3 is 1.90 bits per heavy atom. The Labute approximate surface area is 879 Å². The molecule has 0 radical (unpaired) electrons. The number of para-hydroxylation sites is 2. The number of urea groups is 2. The number of primary amides is 1. The number of piperazine rings is 4. The first-order chi connectivity index (χ1) is 71.7. The molecule has 10 aliphatic heterocycles. The first-order valence-corrected chi connectivity index (χ1v) is 53.3. The van der Waals surface area contributed by atoms with Crippen LogP contribution in [-0.2, 0) is 90.9 Å². The maximum Gasteiger partial charge on any atom is 0.408 e. The second-order valence-electron chi connectivity index (χ2n) is 39.9. The van der Waals surface area contributed by atoms with Gasteiger partial charge in [-0.3, -0.25) is 72.4 Å². The largest absolute Gasteiger partial charge is 0.508 e. The lowest BCUT2D eigenvalue weighted by Crippen LogP contribution is -2.76. The number of hydroxylamine groups is 2. The normalized spacial score (nSPS) is 23.7. The number of amides is 15. The average Bonchev–Trinajstić information content (AvgIpc) is 1.09. The third-order valence-electron chi connectivity index (χ3n) is 27.7. The van der Waals surface area contributed by atoms with Crippen molar-refractivity contribution in [3.8, 4) is 5.75 Å². The third-order valence-corrected chi connectivity index (χ3v) is 30.1. The Hall–Kier alpha value is -12.8. The van der Waals surface area contributed by atoms with Gasteiger partial charge in [-0.15, -0.1) is 0 Å². The second kappa shape index (κ2) is 52.3. The Balaban J connectivity index is 0.000000167. The molecule has 0 saturated carbocycles. The molecule has 10 fully saturated rings. The third kappa shape index (κ3) is 27.6. The van der Waals surface area contributed by atoms with Gasteiger partial charge in [0.25, 0.3) is 11.8 Å². The van der Waals surface area contributed by atoms with Gasteiger partial charge in [-0.05, 0) is 154 Å². The molecule has 6 aromatic rings. The Kier molecular flexibility index (Phi) is 39.8. The minimum atomic E-state index is -1.49. The van der Waals surface area contributed by atoms with Crippen LogP contribution >= 0.6 is 11.8 Å². The molecule has 10 saturated heterocycles. The van der Waals surface area contributed by atoms with E-state index in [9.17, 15) is 85.9 Å². The van der Waals surface area contributed by atoms with Crippen LogP contribution in [0.25, 0.3) is 10.9 Å². The Morgan fingerprint density at radius 1 is 0.627 bits per heavy atom. The average molecular weight is 2120 g/mol. The molecule has 0 aliphatic carbocycles. The van der Waals surface area contributed by atoms with Crippen molar-refractivity contribution in [2.45, 2.75) is 197 Å². The molecule has 16 rings (SSSR count). The van der Waals surface area contributed by atoms with Gasteiger partial charge in [-0.25, -0.2) is 32.7 Å². The number of hydrogen-bond acceptors (Lipinski definition) is 29. The van der Waals surface area contributed by atoms with Gasteiger partial charge in [-0.2, -0.15) is 16.8 Å². The number of H-pyrrole nitrogens is 1. The number of aromatic nitrogens is 3. The molecule has 45 nitrogen and oxygen atoms in total. The van der Waals surface area contributed by atoms with E-state index in [1.54, 1.807) is 195 Å². The Bertz CT molecular complexity index is 5750. The van der Waals surface area contributed by atoms with Gasteiger partial charge in [0.05, 0.1) is 105 Å². The lowest BCUT2D eigenvalue weighted by molar-refractivity contribution is -0.171. The number of ether oxygens (including phenoxy) is 3. The van der Waals surface area contributed by atoms with Crippen LogP contribution in [0.1, 0.15) is 109 Å². The molecule has 150 heavy (non-hydrogen) atoms. The van der Waals surface area contributed by atoms with Crippen LogP contribution in [-0.4, -0.2) is 449 Å². The number of piperidine rings is 1. The number of fused-ring (bicyclic) bond motifs is 5. The number of aliphatic hydroxyl groups is 1. The number of alkyl carbamates (subject to hydrolysis) is 1. The number of nitrogens with one attached hydrogen (secondary N) is 5. The first-order valence-electron chi connectivity index (χ1n) is 51.0. The predicted octanol–water partition coefficient (Wildman–Crippen LogP) is 2.27. The summed E-state index contributed by atoms with van der Waals surface area (Å²) in [6.45, 7) is 22.3. The summed E-state index contributed by atoms with van der Waals surface area (Å²) in [4.78, 5) is 229. The van der Waals surface area contributed by atoms with Crippen molar-refractivity contribution in [3.63, 3.8) is 0 Å². The van der Waals surface area contributed by atoms with Crippen molar-refractivity contribution in [1.29, 1.82) is 0 Å². The van der Waals surface area contributed by atoms with E-state index in [-0.39, 0.29) is 180 Å². The second-order valence-corrected chi connectivity index (χ2v) is 43.0. The Morgan fingerprint density at radius 2 is 1.26 bits per heavy atom. The van der Waals surface area contributed by atoms with E-state index in [2.05, 4.69) is 52.5 Å². The lowest BCUT2D eigenvalue weighted by Gasteiger charge is -2.55. The minimum Gasteiger partial charge on any atom is -0.508 e. The maximum atomic E-state index is 14.4. The van der Waals surface area contributed by atoms with E-state index in [4.69, 9.17) is 24.8 Å². The van der Waals surface area contributed by atoms with E-state index < -0.39 is 114 Å². The number of anilines is 2. The summed E-state index contributed by atoms with van der Waals surface area (Å²) in [6, 6.07) is 21.1. The number of morpholine rings is 1. The molecule has 0 bridgehead atoms. The number of aromatic hydroxyl groups is 1. The quantitative estimate of drug-likeness (QED) is 0.0228. The number of pyridine rings is 2. The number of carbonyl (C=O) groups excluding carboxylic acids is 14. The fourth-order valence-electron chi connectivity index (χ4n) is 20.3. The highest BCUT2D eigenvalue weighted by atomic mass is 32.2. The molecule has 9 N–H and O–H groups in total. The highest BCUT2D eigenvalue weighted by molar-refractivity contribution is 7.99. The first kappa shape index (κ1) is 114. The van der Waals surface area contributed by atoms with E-state index in [0.717, 1.165) is 48.3 Å². The van der Waals surface area contributed by atoms with Crippen LogP contribution in [0, 0.1) is 11.7 Å². The summed E-state index contributed by atoms with van der Waals surface area (Å²) in [7, 11) is 7.47. The number of rotatable bonds is 31. The molecule has 13 atom stereocenters. The lowest BCUT2D eigenvalue weighted by atomic mass is 9.92. The molecular weight excluding hydrogens is 1980 g/mol. The number of β-amino-alcohol motifs (C(OH)–C–C–N with tert-alkyl or cyclic N) is 1. The monoisotopic (exact) mass is 2120 g/mol. The molecule has 10 aliphatic rings. The zero-order valence-corrected chi connectivity index (χ0v) is 89.1. The number of hydrogen-bond donors (Lipinski definition) is 8. The summed E-state index contributed by atoms with van der Waals surface area (Å²) in [5.74, 6) is -2.76. The molecule has 48 heteroatoms. The zero-order chi connectivity index (χ0) is 108. The summed E-state index contributed by atoms with van der Waals surface area (Å²) in [5, 5.41) is 31.1. The molecular formula is C102H143FN24O21S2. The smallest absolute Gasteiger partial charge is 0.408 e. The predicted molar refractivity (Wildman–Crippen MR) is 554 cm³/mol. The van der Waals surface area contributed by atoms with E-state index in [1.807, 2.05) is 56.1 Å². The van der Waals surface area contributed by atoms with Crippen LogP contribution in [0.5, 0.6) is 5.75 Å². The standard InChI is InChI=1S/C31H41FN6O4.C28H38N6O6.C23H36N6O5S2.C20H28N6O6/c1-34(2)31(42)37-19-25(33-17-23-9-4-6-10-24(23)32)29(40)38-26(16-22-8-5-7-11-27(22)39)30(41)36(20-28(37)38)18-21-12-14-35(3)15-13-21;1-17(2)32-16-23-33(21-7-5-6-19-8-9-29-25(19)21)15-20(30-28(38)31-10-12-39-13-11-31)26(36)34(23)22(27(32)37)14-24(35)40-18(3)4;1-6-35-15-19-23(32)27(10-11-34-26(4)5)14-20-28(21(30)17-8-7-9-24-12-17)13-18(22(31)29(19)20)25-36(33)16(2)3;1-12(2)32-20(31)23-13-10-24(7-8-27)17-11-25(16-5-3-4-6-22-16)19(30)14(9-15(21)28)26(17)18(13)29/h4-11,21,25-26,28,33,39H,12-20H2,1-3H3;5-9,17-18,20,22-23,29H,10-16H2,1-4H3,(H,30,38);7-9,12,16,18-20,25H,6,10-11,13-15H2,1-5H3;3-6,12-14,17,27H,7-11H2,1-2H3,(H2,21,28)(H,23,31)/t25-,26-,28?;20-,22-,23?;18-,19-,20?,36?;13-,14-,17?/m0000/s1. The summed E-state index contributed by atoms with van der Waals surface area (Å²) in [6.07, 6.45) is 3.83. The maximum absolute atomic E-state index is 14.4. The molecule has 15 amide bonds. The number of thioether (sulfide) groups is 1. The number of esters is 1. The summed E-state index contributed by atoms with van der Waals surface area (Å²) < 4.78 is 45.7. The van der Waals surface area contributed by atoms with Crippen LogP contribution < -0.4 is 36.2 Å². The van der Waals surface area contributed by atoms with Crippen molar-refractivity contribution in [2.75, 3.05) is 181 Å². The molecule has 0 spiro atoms. The molecule has 13 heterocycles. The minimum absolute atomic E-state index is 0.0378. The van der Waals surface area contributed by atoms with Crippen LogP contribution in [0.3, 0.4) is 0 Å². The number of likely N-dealkylation sites (tertiary alicyclic amines) is 1. The van der Waals surface area contributed by atoms with Crippen molar-refractivity contribution in [2.24, 2.45) is 11.7 Å². The number of nitrogens with zero attached hydrogens (tertiary/aromatic N) is 18. The van der Waals surface area contributed by atoms with Gasteiger partial charge < -0.3 is 115 Å². The SMILES string of the molecule is CC(C)OC(=O)C[C@H]1C(=O)N(C(C)C)CC2N(c3cccc4cc[nH]c34)C[C@H](NC(=O)N3CCOCC3)C(=O)N21.CC(C)OC(=O)N[C@H]1CN(CCO)C2CN(c3ccccn3)C(=O)[C@H](CC(N)=O)N2C1=O.CCSC[C@H]1C(=O)N(CCON(C)C)CC2N(C(=O)c3cccnc3)C[C@H](NS(=O)C(C)C)C(=O)N21.CN1CCC(CN2CC3N(C(=O)N(C)C)C[C@H](NCc4ccccc4F)C(=O)N3[C@@H](Cc3ccccc3O)C2=O)CC1. The van der Waals surface area contributed by atoms with Gasteiger partial charge in [0.15, 0.2) is 0 Å². The zero-order valence-electron chi connectivity index (χ0n) is 87.5. The topological polar surface area (TPSA) is 501 Å². The number of carbonyl (C=O) groups is 14. The van der Waals surface area contributed by atoms with Crippen molar-refractivity contribution >= 4 is 128 Å². The number of benzene rings is 3. The number of halogens is 1. The molecule has 3 aromatic carbocycles. The fourth-order valence-corrected chi connectivity index (χ4v) is 21.8. The van der Waals surface area contributed by atoms with Gasteiger partial charge >= 0.3 is 24.1 Å². The van der Waals surface area contributed by atoms with E-state index in [1.165, 1.54) is 47.9 Å². The molecule has 3 aromatic heterocycles. The highest BCUT2D eigenvalue weighted by Gasteiger charge is 2.58. The van der Waals surface area contributed by atoms with Gasteiger partial charge in [0.2, 0.25) is 47.3 Å². The molecule has 816 valence electrons. The number of phenols is 1.